The minimum Gasteiger partial charge on any atom is -0.353 e. The largest absolute Gasteiger partial charge is 0.353 e. The van der Waals surface area contributed by atoms with Crippen molar-refractivity contribution >= 4 is 42.7 Å². The monoisotopic (exact) mass is 343 g/mol. The van der Waals surface area contributed by atoms with Crippen molar-refractivity contribution in [3.05, 3.63) is 66.1 Å². The van der Waals surface area contributed by atoms with E-state index in [0.717, 1.165) is 29.8 Å². The first kappa shape index (κ1) is 13.5. The average Bonchev–Trinajstić information content (AvgIpc) is 3.34. The van der Waals surface area contributed by atoms with Gasteiger partial charge in [-0.1, -0.05) is 12.1 Å². The second-order valence-corrected chi connectivity index (χ2v) is 7.49. The van der Waals surface area contributed by atoms with E-state index in [-0.39, 0.29) is 0 Å². The van der Waals surface area contributed by atoms with E-state index in [1.54, 1.807) is 0 Å². The number of benzene rings is 2. The summed E-state index contributed by atoms with van der Waals surface area (Å²) in [7, 11) is 0. The molecule has 2 aromatic carbocycles. The number of aromatic nitrogens is 3. The molecule has 0 amide bonds. The van der Waals surface area contributed by atoms with Crippen LogP contribution in [0.3, 0.4) is 0 Å². The third kappa shape index (κ3) is 1.85. The van der Waals surface area contributed by atoms with Gasteiger partial charge < -0.3 is 10.3 Å². The number of H-pyrrole nitrogens is 1. The van der Waals surface area contributed by atoms with Gasteiger partial charge in [0, 0.05) is 46.4 Å². The van der Waals surface area contributed by atoms with E-state index < -0.39 is 0 Å². The maximum Gasteiger partial charge on any atom is 0.237 e. The van der Waals surface area contributed by atoms with Crippen molar-refractivity contribution in [1.82, 2.24) is 15.3 Å². The van der Waals surface area contributed by atoms with E-state index in [2.05, 4.69) is 63.4 Å². The maximum absolute atomic E-state index is 4.85. The molecule has 0 saturated heterocycles. The highest BCUT2D eigenvalue weighted by atomic mass is 32.1. The molecule has 0 spiro atoms. The molecule has 3 aromatic heterocycles. The number of fused-ring (bicyclic) bond motifs is 5. The molecule has 2 N–H and O–H groups in total. The van der Waals surface area contributed by atoms with Gasteiger partial charge in [0.25, 0.3) is 0 Å². The van der Waals surface area contributed by atoms with Gasteiger partial charge in [0.2, 0.25) is 16.9 Å². The summed E-state index contributed by atoms with van der Waals surface area (Å²) in [5.41, 5.74) is 5.81. The lowest BCUT2D eigenvalue weighted by atomic mass is 10.1. The van der Waals surface area contributed by atoms with Crippen LogP contribution < -0.4 is 9.88 Å². The van der Waals surface area contributed by atoms with Gasteiger partial charge in [0.1, 0.15) is 16.0 Å². The first-order valence-corrected chi connectivity index (χ1v) is 9.23. The molecule has 5 aromatic rings. The van der Waals surface area contributed by atoms with Gasteiger partial charge in [-0.3, -0.25) is 0 Å². The third-order valence-electron chi connectivity index (χ3n) is 5.00. The fourth-order valence-electron chi connectivity index (χ4n) is 3.87. The Kier molecular flexibility index (Phi) is 2.64. The van der Waals surface area contributed by atoms with Crippen LogP contribution in [0.5, 0.6) is 0 Å². The zero-order chi connectivity index (χ0) is 16.4. The predicted octanol–water partition coefficient (Wildman–Crippen LogP) is 3.81. The van der Waals surface area contributed by atoms with E-state index in [4.69, 9.17) is 4.98 Å². The van der Waals surface area contributed by atoms with Crippen molar-refractivity contribution in [3.8, 4) is 5.69 Å². The standard InChI is InChI=1S/C20H15N4S/c1-2-4-17-15(3-1)23-16-10-21-11-18(16)24(17)12-5-6-19-14(9-12)13-7-8-22-20(13)25-19/h1-9,21-22H,10-11H2/q+1. The molecule has 120 valence electrons. The number of hydrogen-bond donors (Lipinski definition) is 2. The Hall–Kier alpha value is -2.76. The molecule has 4 nitrogen and oxygen atoms in total. The van der Waals surface area contributed by atoms with E-state index in [0.29, 0.717) is 0 Å². The SMILES string of the molecule is c1ccc2c(c1)nc1c([n+]2-c2ccc3sc4[nH]ccc4c3c2)CNC1. The molecular weight excluding hydrogens is 328 g/mol. The van der Waals surface area contributed by atoms with Crippen LogP contribution in [0.4, 0.5) is 0 Å². The van der Waals surface area contributed by atoms with Crippen molar-refractivity contribution < 1.29 is 4.57 Å². The van der Waals surface area contributed by atoms with Crippen LogP contribution in [-0.2, 0) is 13.1 Å². The smallest absolute Gasteiger partial charge is 0.237 e. The number of rotatable bonds is 1. The van der Waals surface area contributed by atoms with Crippen LogP contribution in [-0.4, -0.2) is 9.97 Å². The number of aromatic amines is 1. The average molecular weight is 343 g/mol. The molecule has 1 aliphatic heterocycles. The highest BCUT2D eigenvalue weighted by molar-refractivity contribution is 7.25. The molecule has 0 unspecified atom stereocenters. The van der Waals surface area contributed by atoms with Crippen molar-refractivity contribution in [3.63, 3.8) is 0 Å². The van der Waals surface area contributed by atoms with Crippen LogP contribution in [0.1, 0.15) is 11.4 Å². The van der Waals surface area contributed by atoms with Crippen LogP contribution in [0, 0.1) is 0 Å². The zero-order valence-electron chi connectivity index (χ0n) is 13.4. The van der Waals surface area contributed by atoms with E-state index in [9.17, 15) is 0 Å². The number of thiophene rings is 1. The summed E-state index contributed by atoms with van der Waals surface area (Å²) >= 11 is 1.81. The van der Waals surface area contributed by atoms with E-state index >= 15 is 0 Å². The van der Waals surface area contributed by atoms with Crippen molar-refractivity contribution in [2.24, 2.45) is 0 Å². The molecule has 4 heterocycles. The normalized spacial score (nSPS) is 13.9. The first-order chi connectivity index (χ1) is 12.4. The van der Waals surface area contributed by atoms with Gasteiger partial charge in [-0.15, -0.1) is 11.3 Å². The Morgan fingerprint density at radius 3 is 2.96 bits per heavy atom. The van der Waals surface area contributed by atoms with Crippen LogP contribution in [0.2, 0.25) is 0 Å². The molecular formula is C20H15N4S+. The third-order valence-corrected chi connectivity index (χ3v) is 6.12. The maximum atomic E-state index is 4.85. The van der Waals surface area contributed by atoms with Crippen molar-refractivity contribution in [1.29, 1.82) is 0 Å². The minimum absolute atomic E-state index is 0.836. The molecule has 0 bridgehead atoms. The Morgan fingerprint density at radius 2 is 1.96 bits per heavy atom. The Bertz CT molecular complexity index is 1280. The summed E-state index contributed by atoms with van der Waals surface area (Å²) in [6.07, 6.45) is 2.02. The van der Waals surface area contributed by atoms with Crippen molar-refractivity contribution in [2.45, 2.75) is 13.1 Å². The van der Waals surface area contributed by atoms with E-state index in [1.807, 2.05) is 17.5 Å². The van der Waals surface area contributed by atoms with E-state index in [1.165, 1.54) is 31.7 Å². The summed E-state index contributed by atoms with van der Waals surface area (Å²) in [5.74, 6) is 0. The lowest BCUT2D eigenvalue weighted by molar-refractivity contribution is -0.576. The topological polar surface area (TPSA) is 44.6 Å². The summed E-state index contributed by atoms with van der Waals surface area (Å²) in [6.45, 7) is 1.69. The molecule has 0 atom stereocenters. The zero-order valence-corrected chi connectivity index (χ0v) is 14.2. The van der Waals surface area contributed by atoms with Crippen LogP contribution in [0.15, 0.2) is 54.7 Å². The first-order valence-electron chi connectivity index (χ1n) is 8.42. The van der Waals surface area contributed by atoms with Gasteiger partial charge in [0.05, 0.1) is 6.54 Å². The lowest BCUT2D eigenvalue weighted by Crippen LogP contribution is -2.37. The Balaban J connectivity index is 1.73. The Labute approximate surface area is 147 Å². The molecule has 0 radical (unpaired) electrons. The quantitative estimate of drug-likeness (QED) is 0.455. The molecule has 0 fully saturated rings. The van der Waals surface area contributed by atoms with Gasteiger partial charge in [-0.25, -0.2) is 4.98 Å². The molecule has 6 rings (SSSR count). The number of hydrogen-bond acceptors (Lipinski definition) is 3. The molecule has 25 heavy (non-hydrogen) atoms. The van der Waals surface area contributed by atoms with Crippen molar-refractivity contribution in [2.75, 3.05) is 0 Å². The van der Waals surface area contributed by atoms with Gasteiger partial charge in [0.15, 0.2) is 0 Å². The molecule has 0 aliphatic carbocycles. The molecule has 5 heteroatoms. The summed E-state index contributed by atoms with van der Waals surface area (Å²) in [6, 6.07) is 17.3. The van der Waals surface area contributed by atoms with Gasteiger partial charge in [-0.2, -0.15) is 4.57 Å². The molecule has 0 saturated carbocycles. The fraction of sp³-hybridized carbons (Fsp3) is 0.100. The highest BCUT2D eigenvalue weighted by Gasteiger charge is 2.28. The van der Waals surface area contributed by atoms with Crippen LogP contribution in [0.25, 0.3) is 37.0 Å². The summed E-state index contributed by atoms with van der Waals surface area (Å²) in [5, 5.41) is 6.06. The molecule has 1 aliphatic rings. The second kappa shape index (κ2) is 4.88. The number of nitrogens with one attached hydrogen (secondary N) is 2. The minimum atomic E-state index is 0.836. The lowest BCUT2D eigenvalue weighted by Gasteiger charge is -2.05. The number of nitrogens with zero attached hydrogens (tertiary/aromatic N) is 2. The summed E-state index contributed by atoms with van der Waals surface area (Å²) in [4.78, 5) is 9.42. The second-order valence-electron chi connectivity index (χ2n) is 6.44. The fourth-order valence-corrected chi connectivity index (χ4v) is 4.92. The Morgan fingerprint density at radius 1 is 1.00 bits per heavy atom. The summed E-state index contributed by atoms with van der Waals surface area (Å²) < 4.78 is 3.69. The number of para-hydroxylation sites is 2. The van der Waals surface area contributed by atoms with Crippen LogP contribution >= 0.6 is 11.3 Å². The van der Waals surface area contributed by atoms with Gasteiger partial charge >= 0.3 is 0 Å². The van der Waals surface area contributed by atoms with Gasteiger partial charge in [-0.05, 0) is 18.2 Å². The highest BCUT2D eigenvalue weighted by Crippen LogP contribution is 2.33. The predicted molar refractivity (Wildman–Crippen MR) is 101 cm³/mol.